The maximum absolute atomic E-state index is 12.6. The van der Waals surface area contributed by atoms with E-state index in [1.807, 2.05) is 29.2 Å². The Kier molecular flexibility index (Phi) is 3.26. The van der Waals surface area contributed by atoms with Crippen molar-refractivity contribution in [3.8, 4) is 0 Å². The SMILES string of the molecule is O=C(c1ccc(Br)o1)N1CCC[C@@H]1c1nc2ccccc2[nH]1. The zero-order valence-electron chi connectivity index (χ0n) is 11.8. The van der Waals surface area contributed by atoms with Gasteiger partial charge in [0.2, 0.25) is 0 Å². The van der Waals surface area contributed by atoms with Crippen molar-refractivity contribution in [2.45, 2.75) is 18.9 Å². The molecule has 0 radical (unpaired) electrons. The fourth-order valence-electron chi connectivity index (χ4n) is 3.00. The van der Waals surface area contributed by atoms with Gasteiger partial charge < -0.3 is 14.3 Å². The van der Waals surface area contributed by atoms with E-state index < -0.39 is 0 Å². The number of carbonyl (C=O) groups excluding carboxylic acids is 1. The Labute approximate surface area is 135 Å². The Morgan fingerprint density at radius 3 is 2.95 bits per heavy atom. The van der Waals surface area contributed by atoms with Crippen molar-refractivity contribution >= 4 is 32.9 Å². The Morgan fingerprint density at radius 2 is 2.18 bits per heavy atom. The fourth-order valence-corrected chi connectivity index (χ4v) is 3.30. The molecular weight excluding hydrogens is 346 g/mol. The molecule has 1 N–H and O–H groups in total. The third kappa shape index (κ3) is 2.23. The van der Waals surface area contributed by atoms with Gasteiger partial charge >= 0.3 is 0 Å². The van der Waals surface area contributed by atoms with Crippen LogP contribution in [-0.4, -0.2) is 27.3 Å². The van der Waals surface area contributed by atoms with Crippen molar-refractivity contribution < 1.29 is 9.21 Å². The van der Waals surface area contributed by atoms with Crippen LogP contribution in [0.15, 0.2) is 45.5 Å². The molecule has 0 aliphatic carbocycles. The minimum Gasteiger partial charge on any atom is -0.444 e. The summed E-state index contributed by atoms with van der Waals surface area (Å²) in [6, 6.07) is 11.3. The first-order chi connectivity index (χ1) is 10.7. The van der Waals surface area contributed by atoms with Crippen LogP contribution in [0, 0.1) is 0 Å². The van der Waals surface area contributed by atoms with Crippen LogP contribution in [0.25, 0.3) is 11.0 Å². The molecule has 3 aromatic rings. The zero-order valence-corrected chi connectivity index (χ0v) is 13.3. The zero-order chi connectivity index (χ0) is 15.1. The van der Waals surface area contributed by atoms with Crippen LogP contribution in [0.1, 0.15) is 35.3 Å². The van der Waals surface area contributed by atoms with Crippen molar-refractivity contribution in [1.82, 2.24) is 14.9 Å². The number of fused-ring (bicyclic) bond motifs is 1. The Bertz CT molecular complexity index is 806. The second-order valence-electron chi connectivity index (χ2n) is 5.40. The molecule has 3 heterocycles. The van der Waals surface area contributed by atoms with Crippen molar-refractivity contribution in [2.75, 3.05) is 6.54 Å². The minimum atomic E-state index is -0.0892. The molecule has 1 aliphatic rings. The minimum absolute atomic E-state index is 0.0243. The van der Waals surface area contributed by atoms with E-state index in [1.54, 1.807) is 12.1 Å². The monoisotopic (exact) mass is 359 g/mol. The lowest BCUT2D eigenvalue weighted by molar-refractivity contribution is 0.0697. The largest absolute Gasteiger partial charge is 0.444 e. The summed E-state index contributed by atoms with van der Waals surface area (Å²) in [5.74, 6) is 1.11. The average molecular weight is 360 g/mol. The van der Waals surface area contributed by atoms with Gasteiger partial charge in [-0.1, -0.05) is 12.1 Å². The molecule has 4 rings (SSSR count). The molecule has 6 heteroatoms. The molecule has 0 unspecified atom stereocenters. The van der Waals surface area contributed by atoms with E-state index >= 15 is 0 Å². The summed E-state index contributed by atoms with van der Waals surface area (Å²) in [6.45, 7) is 0.721. The average Bonchev–Trinajstić information content (AvgIpc) is 3.24. The summed E-state index contributed by atoms with van der Waals surface area (Å²) in [7, 11) is 0. The molecule has 1 atom stereocenters. The highest BCUT2D eigenvalue weighted by Gasteiger charge is 2.33. The number of furan rings is 1. The predicted molar refractivity (Wildman–Crippen MR) is 85.5 cm³/mol. The van der Waals surface area contributed by atoms with Crippen molar-refractivity contribution in [2.24, 2.45) is 0 Å². The van der Waals surface area contributed by atoms with Gasteiger partial charge in [0.1, 0.15) is 5.82 Å². The maximum Gasteiger partial charge on any atom is 0.290 e. The number of imidazole rings is 1. The molecule has 1 fully saturated rings. The molecular formula is C16H14BrN3O2. The number of hydrogen-bond donors (Lipinski definition) is 1. The lowest BCUT2D eigenvalue weighted by Gasteiger charge is -2.21. The third-order valence-corrected chi connectivity index (χ3v) is 4.45. The Morgan fingerprint density at radius 1 is 1.32 bits per heavy atom. The number of nitrogens with one attached hydrogen (secondary N) is 1. The van der Waals surface area contributed by atoms with Crippen LogP contribution >= 0.6 is 15.9 Å². The van der Waals surface area contributed by atoms with Crippen LogP contribution < -0.4 is 0 Å². The third-order valence-electron chi connectivity index (χ3n) is 4.02. The van der Waals surface area contributed by atoms with Crippen molar-refractivity contribution in [3.63, 3.8) is 0 Å². The molecule has 2 aromatic heterocycles. The number of halogens is 1. The van der Waals surface area contributed by atoms with E-state index in [2.05, 4.69) is 25.9 Å². The van der Waals surface area contributed by atoms with Gasteiger partial charge in [0.05, 0.1) is 17.1 Å². The summed E-state index contributed by atoms with van der Waals surface area (Å²) in [4.78, 5) is 22.4. The van der Waals surface area contributed by atoms with Gasteiger partial charge in [-0.25, -0.2) is 4.98 Å². The number of amides is 1. The van der Waals surface area contributed by atoms with Gasteiger partial charge in [0.25, 0.3) is 5.91 Å². The molecule has 1 aromatic carbocycles. The summed E-state index contributed by atoms with van der Waals surface area (Å²) in [5.41, 5.74) is 1.93. The van der Waals surface area contributed by atoms with E-state index in [0.29, 0.717) is 10.4 Å². The number of aromatic nitrogens is 2. The molecule has 1 aliphatic heterocycles. The maximum atomic E-state index is 12.6. The number of nitrogens with zero attached hydrogens (tertiary/aromatic N) is 2. The van der Waals surface area contributed by atoms with Gasteiger partial charge in [-0.2, -0.15) is 0 Å². The number of para-hydroxylation sites is 2. The van der Waals surface area contributed by atoms with Gasteiger partial charge in [-0.15, -0.1) is 0 Å². The predicted octanol–water partition coefficient (Wildman–Crippen LogP) is 3.90. The van der Waals surface area contributed by atoms with Gasteiger partial charge in [0.15, 0.2) is 10.4 Å². The molecule has 5 nitrogen and oxygen atoms in total. The second-order valence-corrected chi connectivity index (χ2v) is 6.18. The Balaban J connectivity index is 1.67. The fraction of sp³-hybridized carbons (Fsp3) is 0.250. The first-order valence-corrected chi connectivity index (χ1v) is 8.02. The Hall–Kier alpha value is -2.08. The van der Waals surface area contributed by atoms with Crippen molar-refractivity contribution in [1.29, 1.82) is 0 Å². The molecule has 0 spiro atoms. The molecule has 1 saturated heterocycles. The van der Waals surface area contributed by atoms with Crippen molar-refractivity contribution in [3.05, 3.63) is 52.7 Å². The summed E-state index contributed by atoms with van der Waals surface area (Å²) in [5, 5.41) is 0. The summed E-state index contributed by atoms with van der Waals surface area (Å²) >= 11 is 3.24. The number of benzene rings is 1. The van der Waals surface area contributed by atoms with Crippen LogP contribution in [0.5, 0.6) is 0 Å². The number of carbonyl (C=O) groups is 1. The number of hydrogen-bond acceptors (Lipinski definition) is 3. The number of aromatic amines is 1. The lowest BCUT2D eigenvalue weighted by atomic mass is 10.2. The summed E-state index contributed by atoms with van der Waals surface area (Å²) < 4.78 is 5.96. The van der Waals surface area contributed by atoms with E-state index in [9.17, 15) is 4.79 Å². The molecule has 112 valence electrons. The number of H-pyrrole nitrogens is 1. The van der Waals surface area contributed by atoms with Crippen LogP contribution in [-0.2, 0) is 0 Å². The van der Waals surface area contributed by atoms with Gasteiger partial charge in [-0.3, -0.25) is 4.79 Å². The molecule has 0 saturated carbocycles. The second kappa shape index (κ2) is 5.28. The lowest BCUT2D eigenvalue weighted by Crippen LogP contribution is -2.30. The number of rotatable bonds is 2. The highest BCUT2D eigenvalue weighted by molar-refractivity contribution is 9.10. The normalized spacial score (nSPS) is 18.2. The topological polar surface area (TPSA) is 62.1 Å². The highest BCUT2D eigenvalue weighted by atomic mass is 79.9. The molecule has 1 amide bonds. The van der Waals surface area contributed by atoms with E-state index in [4.69, 9.17) is 4.42 Å². The van der Waals surface area contributed by atoms with Crippen LogP contribution in [0.4, 0.5) is 0 Å². The first-order valence-electron chi connectivity index (χ1n) is 7.23. The van der Waals surface area contributed by atoms with Gasteiger partial charge in [0, 0.05) is 6.54 Å². The smallest absolute Gasteiger partial charge is 0.290 e. The van der Waals surface area contributed by atoms with E-state index in [-0.39, 0.29) is 11.9 Å². The van der Waals surface area contributed by atoms with E-state index in [1.165, 1.54) is 0 Å². The quantitative estimate of drug-likeness (QED) is 0.754. The van der Waals surface area contributed by atoms with Crippen LogP contribution in [0.3, 0.4) is 0 Å². The van der Waals surface area contributed by atoms with Crippen LogP contribution in [0.2, 0.25) is 0 Å². The first kappa shape index (κ1) is 13.6. The molecule has 0 bridgehead atoms. The van der Waals surface area contributed by atoms with Gasteiger partial charge in [-0.05, 0) is 53.0 Å². The summed E-state index contributed by atoms with van der Waals surface area (Å²) in [6.07, 6.45) is 1.88. The molecule has 22 heavy (non-hydrogen) atoms. The van der Waals surface area contributed by atoms with E-state index in [0.717, 1.165) is 36.2 Å². The standard InChI is InChI=1S/C16H14BrN3O2/c17-14-8-7-13(22-14)16(21)20-9-3-6-12(20)15-18-10-4-1-2-5-11(10)19-15/h1-2,4-5,7-8,12H,3,6,9H2,(H,18,19)/t12-/m1/s1. The number of likely N-dealkylation sites (tertiary alicyclic amines) is 1. The highest BCUT2D eigenvalue weighted by Crippen LogP contribution is 2.33.